The molecule has 1 unspecified atom stereocenters. The minimum Gasteiger partial charge on any atom is -0.481 e. The molecule has 0 aliphatic carbocycles. The Balaban J connectivity index is 2.54. The second-order valence-electron chi connectivity index (χ2n) is 4.01. The standard InChI is InChI=1S/C11H14N2O5S/c1-2-7(3-10(14)15)5-12-11(16)8-4-9(13(17)18)19-6-8/h4,6-7H,2-3,5H2,1H3,(H,12,16)(H,14,15). The maximum Gasteiger partial charge on any atom is 0.324 e. The second-order valence-corrected chi connectivity index (χ2v) is 4.90. The summed E-state index contributed by atoms with van der Waals surface area (Å²) in [5, 5.41) is 23.1. The van der Waals surface area contributed by atoms with Gasteiger partial charge in [-0.25, -0.2) is 0 Å². The van der Waals surface area contributed by atoms with Crippen LogP contribution < -0.4 is 5.32 Å². The molecule has 8 heteroatoms. The fraction of sp³-hybridized carbons (Fsp3) is 0.455. The zero-order valence-electron chi connectivity index (χ0n) is 10.3. The van der Waals surface area contributed by atoms with E-state index in [1.165, 1.54) is 11.4 Å². The normalized spacial score (nSPS) is 11.8. The number of aliphatic carboxylic acids is 1. The summed E-state index contributed by atoms with van der Waals surface area (Å²) in [5.74, 6) is -1.48. The van der Waals surface area contributed by atoms with E-state index in [9.17, 15) is 19.7 Å². The van der Waals surface area contributed by atoms with E-state index in [0.717, 1.165) is 11.3 Å². The van der Waals surface area contributed by atoms with Crippen LogP contribution in [0, 0.1) is 16.0 Å². The van der Waals surface area contributed by atoms with Crippen molar-refractivity contribution in [3.8, 4) is 0 Å². The van der Waals surface area contributed by atoms with Crippen LogP contribution in [-0.4, -0.2) is 28.5 Å². The van der Waals surface area contributed by atoms with E-state index in [4.69, 9.17) is 5.11 Å². The third-order valence-corrected chi connectivity index (χ3v) is 3.50. The Hall–Kier alpha value is -1.96. The molecule has 0 aliphatic heterocycles. The molecule has 1 heterocycles. The number of carboxylic acid groups (broad SMARTS) is 1. The molecule has 0 saturated heterocycles. The molecule has 0 bridgehead atoms. The van der Waals surface area contributed by atoms with Gasteiger partial charge in [0.1, 0.15) is 0 Å². The minimum atomic E-state index is -0.910. The number of hydrogen-bond acceptors (Lipinski definition) is 5. The summed E-state index contributed by atoms with van der Waals surface area (Å²) >= 11 is 0.883. The number of thiophene rings is 1. The molecule has 0 saturated carbocycles. The topological polar surface area (TPSA) is 110 Å². The third-order valence-electron chi connectivity index (χ3n) is 2.62. The van der Waals surface area contributed by atoms with Crippen LogP contribution in [0.1, 0.15) is 30.1 Å². The molecule has 1 aromatic rings. The molecular formula is C11H14N2O5S. The van der Waals surface area contributed by atoms with Gasteiger partial charge in [-0.2, -0.15) is 0 Å². The Labute approximate surface area is 113 Å². The van der Waals surface area contributed by atoms with Gasteiger partial charge in [-0.05, 0) is 5.92 Å². The summed E-state index contributed by atoms with van der Waals surface area (Å²) < 4.78 is 0. The van der Waals surface area contributed by atoms with Gasteiger partial charge in [-0.1, -0.05) is 24.7 Å². The second kappa shape index (κ2) is 6.83. The number of amides is 1. The Kier molecular flexibility index (Phi) is 5.43. The van der Waals surface area contributed by atoms with E-state index in [0.29, 0.717) is 6.42 Å². The Morgan fingerprint density at radius 2 is 2.26 bits per heavy atom. The monoisotopic (exact) mass is 286 g/mol. The first-order chi connectivity index (χ1) is 8.93. The number of nitro groups is 1. The molecule has 1 aromatic heterocycles. The van der Waals surface area contributed by atoms with Crippen molar-refractivity contribution in [2.75, 3.05) is 6.54 Å². The highest BCUT2D eigenvalue weighted by Gasteiger charge is 2.17. The number of carbonyl (C=O) groups excluding carboxylic acids is 1. The summed E-state index contributed by atoms with van der Waals surface area (Å²) in [4.78, 5) is 32.2. The number of carbonyl (C=O) groups is 2. The lowest BCUT2D eigenvalue weighted by atomic mass is 10.0. The molecule has 1 rings (SSSR count). The van der Waals surface area contributed by atoms with Crippen molar-refractivity contribution in [3.05, 3.63) is 27.1 Å². The lowest BCUT2D eigenvalue weighted by molar-refractivity contribution is -0.380. The summed E-state index contributed by atoms with van der Waals surface area (Å²) in [5.41, 5.74) is 0.224. The molecule has 0 fully saturated rings. The zero-order valence-corrected chi connectivity index (χ0v) is 11.1. The van der Waals surface area contributed by atoms with Gasteiger partial charge in [-0.3, -0.25) is 19.7 Å². The summed E-state index contributed by atoms with van der Waals surface area (Å²) in [7, 11) is 0. The molecule has 0 aromatic carbocycles. The zero-order chi connectivity index (χ0) is 14.4. The van der Waals surface area contributed by atoms with Crippen LogP contribution in [0.3, 0.4) is 0 Å². The van der Waals surface area contributed by atoms with Crippen LogP contribution in [0.5, 0.6) is 0 Å². The minimum absolute atomic E-state index is 0.0133. The number of rotatable bonds is 7. The van der Waals surface area contributed by atoms with E-state index in [-0.39, 0.29) is 29.4 Å². The van der Waals surface area contributed by atoms with Gasteiger partial charge in [-0.15, -0.1) is 0 Å². The molecule has 1 amide bonds. The molecular weight excluding hydrogens is 272 g/mol. The van der Waals surface area contributed by atoms with Crippen molar-refractivity contribution in [1.29, 1.82) is 0 Å². The van der Waals surface area contributed by atoms with Crippen LogP contribution in [0.2, 0.25) is 0 Å². The van der Waals surface area contributed by atoms with Crippen molar-refractivity contribution in [3.63, 3.8) is 0 Å². The quantitative estimate of drug-likeness (QED) is 0.587. The first kappa shape index (κ1) is 15.1. The molecule has 0 radical (unpaired) electrons. The van der Waals surface area contributed by atoms with Gasteiger partial charge in [0.05, 0.1) is 10.5 Å². The van der Waals surface area contributed by atoms with E-state index >= 15 is 0 Å². The molecule has 7 nitrogen and oxygen atoms in total. The Morgan fingerprint density at radius 1 is 1.58 bits per heavy atom. The van der Waals surface area contributed by atoms with Crippen molar-refractivity contribution < 1.29 is 19.6 Å². The van der Waals surface area contributed by atoms with Gasteiger partial charge in [0, 0.05) is 24.4 Å². The van der Waals surface area contributed by atoms with Crippen molar-refractivity contribution in [2.45, 2.75) is 19.8 Å². The number of nitrogens with zero attached hydrogens (tertiary/aromatic N) is 1. The van der Waals surface area contributed by atoms with Gasteiger partial charge < -0.3 is 10.4 Å². The molecule has 0 aliphatic rings. The predicted octanol–water partition coefficient (Wildman–Crippen LogP) is 1.89. The first-order valence-corrected chi connectivity index (χ1v) is 6.55. The number of carboxylic acids is 1. The number of hydrogen-bond donors (Lipinski definition) is 2. The van der Waals surface area contributed by atoms with Crippen LogP contribution in [-0.2, 0) is 4.79 Å². The first-order valence-electron chi connectivity index (χ1n) is 5.67. The molecule has 104 valence electrons. The highest BCUT2D eigenvalue weighted by atomic mass is 32.1. The fourth-order valence-corrected chi connectivity index (χ4v) is 2.19. The summed E-state index contributed by atoms with van der Waals surface area (Å²) in [6.45, 7) is 2.08. The number of nitrogens with one attached hydrogen (secondary N) is 1. The Morgan fingerprint density at radius 3 is 2.74 bits per heavy atom. The van der Waals surface area contributed by atoms with E-state index in [1.54, 1.807) is 0 Å². The Bertz CT molecular complexity index is 485. The van der Waals surface area contributed by atoms with E-state index in [1.807, 2.05) is 6.92 Å². The molecule has 19 heavy (non-hydrogen) atoms. The summed E-state index contributed by atoms with van der Waals surface area (Å²) in [6.07, 6.45) is 0.622. The molecule has 2 N–H and O–H groups in total. The van der Waals surface area contributed by atoms with Crippen molar-refractivity contribution >= 4 is 28.2 Å². The van der Waals surface area contributed by atoms with Crippen LogP contribution in [0.15, 0.2) is 11.4 Å². The highest BCUT2D eigenvalue weighted by Crippen LogP contribution is 2.22. The van der Waals surface area contributed by atoms with Gasteiger partial charge in [0.2, 0.25) is 0 Å². The molecule has 0 spiro atoms. The van der Waals surface area contributed by atoms with E-state index < -0.39 is 16.8 Å². The van der Waals surface area contributed by atoms with E-state index in [2.05, 4.69) is 5.32 Å². The maximum absolute atomic E-state index is 11.7. The lowest BCUT2D eigenvalue weighted by Gasteiger charge is -2.12. The maximum atomic E-state index is 11.7. The smallest absolute Gasteiger partial charge is 0.324 e. The fourth-order valence-electron chi connectivity index (χ4n) is 1.49. The van der Waals surface area contributed by atoms with Gasteiger partial charge in [0.15, 0.2) is 0 Å². The van der Waals surface area contributed by atoms with Crippen molar-refractivity contribution in [1.82, 2.24) is 5.32 Å². The van der Waals surface area contributed by atoms with Gasteiger partial charge >= 0.3 is 11.0 Å². The predicted molar refractivity (Wildman–Crippen MR) is 69.3 cm³/mol. The van der Waals surface area contributed by atoms with Crippen LogP contribution in [0.4, 0.5) is 5.00 Å². The summed E-state index contributed by atoms with van der Waals surface area (Å²) in [6, 6.07) is 1.21. The SMILES string of the molecule is CCC(CNC(=O)c1csc([N+](=O)[O-])c1)CC(=O)O. The van der Waals surface area contributed by atoms with Crippen LogP contribution >= 0.6 is 11.3 Å². The third kappa shape index (κ3) is 4.66. The van der Waals surface area contributed by atoms with Crippen LogP contribution in [0.25, 0.3) is 0 Å². The average molecular weight is 286 g/mol. The van der Waals surface area contributed by atoms with Gasteiger partial charge in [0.25, 0.3) is 5.91 Å². The average Bonchev–Trinajstić information content (AvgIpc) is 2.83. The molecule has 1 atom stereocenters. The van der Waals surface area contributed by atoms with Crippen molar-refractivity contribution in [2.24, 2.45) is 5.92 Å². The highest BCUT2D eigenvalue weighted by molar-refractivity contribution is 7.13. The lowest BCUT2D eigenvalue weighted by Crippen LogP contribution is -2.29. The largest absolute Gasteiger partial charge is 0.481 e.